The van der Waals surface area contributed by atoms with Crippen molar-refractivity contribution in [1.29, 1.82) is 0 Å². The van der Waals surface area contributed by atoms with Gasteiger partial charge in [0.25, 0.3) is 0 Å². The summed E-state index contributed by atoms with van der Waals surface area (Å²) in [5.41, 5.74) is 0. The van der Waals surface area contributed by atoms with Crippen molar-refractivity contribution in [2.24, 2.45) is 11.8 Å². The predicted molar refractivity (Wildman–Crippen MR) is 69.4 cm³/mol. The van der Waals surface area contributed by atoms with Gasteiger partial charge in [-0.1, -0.05) is 25.7 Å². The molecular formula is C13H24N2O3. The summed E-state index contributed by atoms with van der Waals surface area (Å²) < 4.78 is 0. The van der Waals surface area contributed by atoms with Gasteiger partial charge in [0.15, 0.2) is 0 Å². The topological polar surface area (TPSA) is 78.4 Å². The summed E-state index contributed by atoms with van der Waals surface area (Å²) in [6.07, 6.45) is 6.19. The Balaban J connectivity index is 2.14. The van der Waals surface area contributed by atoms with Crippen LogP contribution >= 0.6 is 0 Å². The molecule has 2 unspecified atom stereocenters. The smallest absolute Gasteiger partial charge is 0.315 e. The molecule has 0 aliphatic heterocycles. The van der Waals surface area contributed by atoms with Crippen LogP contribution in [0.3, 0.4) is 0 Å². The molecule has 1 aliphatic carbocycles. The van der Waals surface area contributed by atoms with Gasteiger partial charge in [-0.3, -0.25) is 4.79 Å². The summed E-state index contributed by atoms with van der Waals surface area (Å²) in [6, 6.07) is -0.637. The molecule has 3 N–H and O–H groups in total. The maximum Gasteiger partial charge on any atom is 0.315 e. The monoisotopic (exact) mass is 256 g/mol. The van der Waals surface area contributed by atoms with Crippen LogP contribution in [0.5, 0.6) is 0 Å². The SMILES string of the molecule is CC(NC(=O)NCCC1CCCC1)C(C)C(=O)O. The van der Waals surface area contributed by atoms with Crippen molar-refractivity contribution < 1.29 is 14.7 Å². The van der Waals surface area contributed by atoms with Crippen molar-refractivity contribution >= 4 is 12.0 Å². The van der Waals surface area contributed by atoms with Gasteiger partial charge in [0, 0.05) is 12.6 Å². The Morgan fingerprint density at radius 3 is 2.44 bits per heavy atom. The van der Waals surface area contributed by atoms with E-state index in [0.29, 0.717) is 6.54 Å². The second-order valence-electron chi connectivity index (χ2n) is 5.25. The number of hydrogen-bond acceptors (Lipinski definition) is 2. The molecule has 1 fully saturated rings. The Kier molecular flexibility index (Phi) is 5.95. The first kappa shape index (κ1) is 14.8. The zero-order chi connectivity index (χ0) is 13.5. The van der Waals surface area contributed by atoms with Crippen molar-refractivity contribution in [2.45, 2.75) is 52.0 Å². The molecule has 5 heteroatoms. The summed E-state index contributed by atoms with van der Waals surface area (Å²) in [7, 11) is 0. The fourth-order valence-corrected chi connectivity index (χ4v) is 2.29. The highest BCUT2D eigenvalue weighted by Crippen LogP contribution is 2.26. The lowest BCUT2D eigenvalue weighted by molar-refractivity contribution is -0.141. The standard InChI is InChI=1S/C13H24N2O3/c1-9(12(16)17)10(2)15-13(18)14-8-7-11-5-3-4-6-11/h9-11H,3-8H2,1-2H3,(H,16,17)(H2,14,15,18). The maximum atomic E-state index is 11.5. The number of nitrogens with one attached hydrogen (secondary N) is 2. The molecule has 2 amide bonds. The second kappa shape index (κ2) is 7.24. The van der Waals surface area contributed by atoms with Crippen molar-refractivity contribution in [3.8, 4) is 0 Å². The van der Waals surface area contributed by atoms with Gasteiger partial charge in [-0.25, -0.2) is 4.79 Å². The molecule has 5 nitrogen and oxygen atoms in total. The van der Waals surface area contributed by atoms with E-state index in [1.165, 1.54) is 25.7 Å². The van der Waals surface area contributed by atoms with E-state index in [2.05, 4.69) is 10.6 Å². The van der Waals surface area contributed by atoms with Crippen LogP contribution in [0.25, 0.3) is 0 Å². The highest BCUT2D eigenvalue weighted by molar-refractivity contribution is 5.76. The number of amides is 2. The van der Waals surface area contributed by atoms with E-state index in [0.717, 1.165) is 12.3 Å². The van der Waals surface area contributed by atoms with E-state index >= 15 is 0 Å². The molecule has 0 radical (unpaired) electrons. The molecule has 1 rings (SSSR count). The lowest BCUT2D eigenvalue weighted by atomic mass is 10.0. The van der Waals surface area contributed by atoms with Gasteiger partial charge < -0.3 is 15.7 Å². The molecule has 0 spiro atoms. The fraction of sp³-hybridized carbons (Fsp3) is 0.846. The highest BCUT2D eigenvalue weighted by atomic mass is 16.4. The zero-order valence-corrected chi connectivity index (χ0v) is 11.2. The molecule has 0 aromatic carbocycles. The molecule has 1 saturated carbocycles. The number of carbonyl (C=O) groups is 2. The average Bonchev–Trinajstić information content (AvgIpc) is 2.80. The number of rotatable bonds is 6. The Morgan fingerprint density at radius 2 is 1.89 bits per heavy atom. The Labute approximate surface area is 108 Å². The van der Waals surface area contributed by atoms with Crippen LogP contribution < -0.4 is 10.6 Å². The number of carbonyl (C=O) groups excluding carboxylic acids is 1. The van der Waals surface area contributed by atoms with Crippen LogP contribution in [0.1, 0.15) is 46.0 Å². The van der Waals surface area contributed by atoms with E-state index in [1.807, 2.05) is 0 Å². The van der Waals surface area contributed by atoms with Crippen LogP contribution in [0.15, 0.2) is 0 Å². The lowest BCUT2D eigenvalue weighted by Gasteiger charge is -2.18. The van der Waals surface area contributed by atoms with Crippen LogP contribution in [-0.2, 0) is 4.79 Å². The molecule has 0 aromatic rings. The molecule has 18 heavy (non-hydrogen) atoms. The molecule has 2 atom stereocenters. The van der Waals surface area contributed by atoms with Crippen LogP contribution in [-0.4, -0.2) is 29.7 Å². The number of hydrogen-bond donors (Lipinski definition) is 3. The quantitative estimate of drug-likeness (QED) is 0.680. The maximum absolute atomic E-state index is 11.5. The number of carboxylic acids is 1. The minimum absolute atomic E-state index is 0.270. The van der Waals surface area contributed by atoms with Crippen molar-refractivity contribution in [3.05, 3.63) is 0 Å². The van der Waals surface area contributed by atoms with Gasteiger partial charge in [-0.2, -0.15) is 0 Å². The molecule has 104 valence electrons. The summed E-state index contributed by atoms with van der Waals surface area (Å²) in [5.74, 6) is -0.722. The lowest BCUT2D eigenvalue weighted by Crippen LogP contribution is -2.45. The number of carboxylic acid groups (broad SMARTS) is 1. The first-order valence-corrected chi connectivity index (χ1v) is 6.78. The van der Waals surface area contributed by atoms with Crippen molar-refractivity contribution in [3.63, 3.8) is 0 Å². The zero-order valence-electron chi connectivity index (χ0n) is 11.2. The van der Waals surface area contributed by atoms with Crippen molar-refractivity contribution in [1.82, 2.24) is 10.6 Å². The third kappa shape index (κ3) is 4.94. The minimum atomic E-state index is -0.895. The Bertz CT molecular complexity index is 288. The Hall–Kier alpha value is -1.26. The summed E-state index contributed by atoms with van der Waals surface area (Å²) in [4.78, 5) is 22.3. The highest BCUT2D eigenvalue weighted by Gasteiger charge is 2.21. The van der Waals surface area contributed by atoms with Crippen LogP contribution in [0.4, 0.5) is 4.79 Å². The largest absolute Gasteiger partial charge is 0.481 e. The number of urea groups is 1. The van der Waals surface area contributed by atoms with Gasteiger partial charge >= 0.3 is 12.0 Å². The molecule has 0 aromatic heterocycles. The van der Waals surface area contributed by atoms with E-state index in [-0.39, 0.29) is 12.1 Å². The van der Waals surface area contributed by atoms with E-state index in [1.54, 1.807) is 13.8 Å². The van der Waals surface area contributed by atoms with E-state index in [9.17, 15) is 9.59 Å². The van der Waals surface area contributed by atoms with E-state index < -0.39 is 11.9 Å². The molecule has 0 saturated heterocycles. The summed E-state index contributed by atoms with van der Waals surface area (Å²) in [6.45, 7) is 3.96. The first-order valence-electron chi connectivity index (χ1n) is 6.78. The molecular weight excluding hydrogens is 232 g/mol. The summed E-state index contributed by atoms with van der Waals surface area (Å²) in [5, 5.41) is 14.3. The third-order valence-electron chi connectivity index (χ3n) is 3.81. The molecule has 0 bridgehead atoms. The summed E-state index contributed by atoms with van der Waals surface area (Å²) >= 11 is 0. The van der Waals surface area contributed by atoms with Gasteiger partial charge in [-0.15, -0.1) is 0 Å². The second-order valence-corrected chi connectivity index (χ2v) is 5.25. The average molecular weight is 256 g/mol. The normalized spacial score (nSPS) is 19.2. The third-order valence-corrected chi connectivity index (χ3v) is 3.81. The minimum Gasteiger partial charge on any atom is -0.481 e. The van der Waals surface area contributed by atoms with Crippen LogP contribution in [0, 0.1) is 11.8 Å². The molecule has 0 heterocycles. The predicted octanol–water partition coefficient (Wildman–Crippen LogP) is 1.98. The van der Waals surface area contributed by atoms with Crippen molar-refractivity contribution in [2.75, 3.05) is 6.54 Å². The van der Waals surface area contributed by atoms with Gasteiger partial charge in [0.1, 0.15) is 0 Å². The molecule has 1 aliphatic rings. The van der Waals surface area contributed by atoms with Crippen LogP contribution in [0.2, 0.25) is 0 Å². The van der Waals surface area contributed by atoms with E-state index in [4.69, 9.17) is 5.11 Å². The first-order chi connectivity index (χ1) is 8.50. The van der Waals surface area contributed by atoms with Gasteiger partial charge in [0.05, 0.1) is 5.92 Å². The van der Waals surface area contributed by atoms with Gasteiger partial charge in [0.2, 0.25) is 0 Å². The number of aliphatic carboxylic acids is 1. The fourth-order valence-electron chi connectivity index (χ4n) is 2.29. The van der Waals surface area contributed by atoms with Gasteiger partial charge in [-0.05, 0) is 26.2 Å². The Morgan fingerprint density at radius 1 is 1.28 bits per heavy atom.